The standard InChI is InChI=1S/C54H54O12S12/c1-27-19-33-29(11-3-7-15-75(55,56)57)35-21-41(69-49(35)47(33)67-27)43-23-37-31(13-5-9-17-77(61,62)63)39-25-45(73-53(39)51(37)71-43)46-26-40-32(14-6-10-18-78(64,65)66)38-24-44(72-52(38)54(40)74-46)42-22-36-30(12-4-8-16-76(58,59)60)34-20-28(2)68-48(34)50(36)70-42/h19-26,29-32H,3-18H2,1-2H3,(H,55,56,57)(H,58,59,60)(H,61,62,63)(H,64,65,66). The van der Waals surface area contributed by atoms with Crippen molar-refractivity contribution >= 4 is 131 Å². The Morgan fingerprint density at radius 1 is 0.295 bits per heavy atom. The Bertz CT molecular complexity index is 3860. The van der Waals surface area contributed by atoms with Gasteiger partial charge >= 0.3 is 0 Å². The summed E-state index contributed by atoms with van der Waals surface area (Å²) >= 11 is 14.3. The highest BCUT2D eigenvalue weighted by molar-refractivity contribution is 7.86. The Balaban J connectivity index is 0.866. The molecule has 0 amide bonds. The quantitative estimate of drug-likeness (QED) is 0.0347. The molecule has 4 N–H and O–H groups in total. The van der Waals surface area contributed by atoms with Crippen molar-refractivity contribution < 1.29 is 51.9 Å². The van der Waals surface area contributed by atoms with E-state index < -0.39 is 40.5 Å². The van der Waals surface area contributed by atoms with E-state index in [1.807, 2.05) is 0 Å². The van der Waals surface area contributed by atoms with Gasteiger partial charge in [0.1, 0.15) is 0 Å². The fourth-order valence-electron chi connectivity index (χ4n) is 12.2. The minimum absolute atomic E-state index is 0.0343. The van der Waals surface area contributed by atoms with E-state index in [-0.39, 0.29) is 46.7 Å². The minimum atomic E-state index is -4.10. The lowest BCUT2D eigenvalue weighted by atomic mass is 9.92. The van der Waals surface area contributed by atoms with E-state index in [0.29, 0.717) is 64.2 Å². The zero-order valence-electron chi connectivity index (χ0n) is 42.2. The second-order valence-corrected chi connectivity index (χ2v) is 36.1. The molecule has 12 nitrogen and oxygen atoms in total. The van der Waals surface area contributed by atoms with Crippen LogP contribution >= 0.6 is 90.7 Å². The number of thiophene rings is 8. The predicted molar refractivity (Wildman–Crippen MR) is 325 cm³/mol. The van der Waals surface area contributed by atoms with Gasteiger partial charge in [0.05, 0.1) is 23.0 Å². The first-order chi connectivity index (χ1) is 36.9. The second-order valence-electron chi connectivity index (χ2n) is 21.0. The topological polar surface area (TPSA) is 217 Å². The molecule has 0 aliphatic heterocycles. The number of rotatable bonds is 23. The summed E-state index contributed by atoms with van der Waals surface area (Å²) in [5.74, 6) is -0.712. The second kappa shape index (κ2) is 21.1. The van der Waals surface area contributed by atoms with Gasteiger partial charge in [0, 0.05) is 102 Å². The van der Waals surface area contributed by atoms with Gasteiger partial charge in [-0.2, -0.15) is 33.7 Å². The van der Waals surface area contributed by atoms with Gasteiger partial charge in [-0.25, -0.2) is 0 Å². The molecule has 0 saturated heterocycles. The summed E-state index contributed by atoms with van der Waals surface area (Å²) in [4.78, 5) is 19.4. The molecule has 0 aromatic carbocycles. The molecule has 0 fully saturated rings. The third kappa shape index (κ3) is 11.1. The molecule has 8 aromatic rings. The lowest BCUT2D eigenvalue weighted by Crippen LogP contribution is -2.04. The van der Waals surface area contributed by atoms with Crippen LogP contribution in [0.3, 0.4) is 0 Å². The molecular formula is C54H54O12S12. The molecule has 4 aliphatic rings. The van der Waals surface area contributed by atoms with Crippen molar-refractivity contribution in [3.05, 3.63) is 103 Å². The van der Waals surface area contributed by atoms with Crippen molar-refractivity contribution in [2.24, 2.45) is 0 Å². The van der Waals surface area contributed by atoms with Gasteiger partial charge in [-0.1, -0.05) is 25.7 Å². The summed E-state index contributed by atoms with van der Waals surface area (Å²) < 4.78 is 131. The van der Waals surface area contributed by atoms with E-state index in [0.717, 1.165) is 22.6 Å². The molecule has 4 aliphatic carbocycles. The van der Waals surface area contributed by atoms with Crippen LogP contribution in [0.25, 0.3) is 68.3 Å². The van der Waals surface area contributed by atoms with Crippen LogP contribution in [0.2, 0.25) is 0 Å². The predicted octanol–water partition coefficient (Wildman–Crippen LogP) is 16.5. The summed E-state index contributed by atoms with van der Waals surface area (Å²) in [6, 6.07) is 18.4. The van der Waals surface area contributed by atoms with Crippen LogP contribution in [0.4, 0.5) is 0 Å². The van der Waals surface area contributed by atoms with E-state index in [1.54, 1.807) is 90.7 Å². The lowest BCUT2D eigenvalue weighted by Gasteiger charge is -2.12. The summed E-state index contributed by atoms with van der Waals surface area (Å²) in [6.45, 7) is 4.24. The molecule has 4 atom stereocenters. The van der Waals surface area contributed by atoms with Crippen LogP contribution in [-0.4, -0.2) is 74.9 Å². The largest absolute Gasteiger partial charge is 0.286 e. The van der Waals surface area contributed by atoms with Crippen molar-refractivity contribution in [2.45, 2.75) is 115 Å². The number of unbranched alkanes of at least 4 members (excludes halogenated alkanes) is 4. The van der Waals surface area contributed by atoms with Crippen LogP contribution in [-0.2, 0) is 40.5 Å². The van der Waals surface area contributed by atoms with Crippen molar-refractivity contribution in [1.29, 1.82) is 0 Å². The number of hydrogen-bond acceptors (Lipinski definition) is 16. The molecule has 4 unspecified atom stereocenters. The van der Waals surface area contributed by atoms with Crippen molar-refractivity contribution in [3.63, 3.8) is 0 Å². The van der Waals surface area contributed by atoms with Crippen LogP contribution in [0.1, 0.15) is 155 Å². The first kappa shape index (κ1) is 55.8. The van der Waals surface area contributed by atoms with E-state index in [9.17, 15) is 51.9 Å². The van der Waals surface area contributed by atoms with Gasteiger partial charge in [-0.15, -0.1) is 90.7 Å². The Morgan fingerprint density at radius 2 is 0.474 bits per heavy atom. The van der Waals surface area contributed by atoms with Gasteiger partial charge in [0.15, 0.2) is 0 Å². The van der Waals surface area contributed by atoms with Gasteiger partial charge < -0.3 is 0 Å². The molecule has 24 heteroatoms. The number of aryl methyl sites for hydroxylation is 2. The van der Waals surface area contributed by atoms with Gasteiger partial charge in [-0.05, 0) is 158 Å². The summed E-state index contributed by atoms with van der Waals surface area (Å²) in [5, 5.41) is 0. The maximum absolute atomic E-state index is 11.8. The molecule has 12 rings (SSSR count). The maximum atomic E-state index is 11.8. The third-order valence-electron chi connectivity index (χ3n) is 15.5. The highest BCUT2D eigenvalue weighted by atomic mass is 32.2. The molecule has 0 saturated carbocycles. The van der Waals surface area contributed by atoms with Crippen molar-refractivity contribution in [3.8, 4) is 68.3 Å². The van der Waals surface area contributed by atoms with E-state index in [1.165, 1.54) is 113 Å². The molecule has 414 valence electrons. The first-order valence-corrected chi connectivity index (χ1v) is 38.8. The summed E-state index contributed by atoms with van der Waals surface area (Å²) in [5.41, 5.74) is 10.1. The van der Waals surface area contributed by atoms with E-state index in [4.69, 9.17) is 0 Å². The molecule has 0 radical (unpaired) electrons. The Hall–Kier alpha value is -2.76. The highest BCUT2D eigenvalue weighted by Gasteiger charge is 2.40. The highest BCUT2D eigenvalue weighted by Crippen LogP contribution is 2.64. The Kier molecular flexibility index (Phi) is 15.1. The minimum Gasteiger partial charge on any atom is -0.286 e. The SMILES string of the molecule is Cc1cc2c(s1)-c1sc(-c3cc4c(s3)-c3sc(-c5cc6c(s5)-c5sc(-c7cc8c(s7)-c7sc(C)cc7C8CCCCS(=O)(=O)O)cc5C6CCCCS(=O)(=O)O)cc3C4CCCCS(=O)(=O)O)cc1C2CCCCS(=O)(=O)O. The molecule has 8 aromatic heterocycles. The van der Waals surface area contributed by atoms with Gasteiger partial charge in [-0.3, -0.25) is 18.2 Å². The fraction of sp³-hybridized carbons (Fsp3) is 0.407. The fourth-order valence-corrected chi connectivity index (χ4v) is 24.8. The zero-order chi connectivity index (χ0) is 54.8. The maximum Gasteiger partial charge on any atom is 0.264 e. The monoisotopic (exact) mass is 1280 g/mol. The normalized spacial score (nSPS) is 18.1. The molecular weight excluding hydrogens is 1230 g/mol. The van der Waals surface area contributed by atoms with Crippen molar-refractivity contribution in [1.82, 2.24) is 0 Å². The third-order valence-corrected chi connectivity index (χ3v) is 29.0. The molecule has 0 bridgehead atoms. The summed E-state index contributed by atoms with van der Waals surface area (Å²) in [6.07, 6.45) is 7.04. The summed E-state index contributed by atoms with van der Waals surface area (Å²) in [7, 11) is -16.3. The van der Waals surface area contributed by atoms with Crippen molar-refractivity contribution in [2.75, 3.05) is 23.0 Å². The average Bonchev–Trinajstić information content (AvgIpc) is 3.90. The molecule has 0 spiro atoms. The lowest BCUT2D eigenvalue weighted by molar-refractivity contribution is 0.476. The number of fused-ring (bicyclic) bond motifs is 12. The van der Waals surface area contributed by atoms with Crippen LogP contribution in [0, 0.1) is 13.8 Å². The average molecular weight is 1280 g/mol. The van der Waals surface area contributed by atoms with E-state index >= 15 is 0 Å². The van der Waals surface area contributed by atoms with Crippen LogP contribution in [0.15, 0.2) is 48.5 Å². The Morgan fingerprint density at radius 3 is 0.667 bits per heavy atom. The van der Waals surface area contributed by atoms with E-state index in [2.05, 4.69) is 62.4 Å². The van der Waals surface area contributed by atoms with Crippen LogP contribution < -0.4 is 0 Å². The van der Waals surface area contributed by atoms with Gasteiger partial charge in [0.25, 0.3) is 40.5 Å². The number of hydrogen-bond donors (Lipinski definition) is 4. The molecule has 8 heterocycles. The zero-order valence-corrected chi connectivity index (χ0v) is 52.0. The molecule has 78 heavy (non-hydrogen) atoms. The van der Waals surface area contributed by atoms with Crippen LogP contribution in [0.5, 0.6) is 0 Å². The van der Waals surface area contributed by atoms with Gasteiger partial charge in [0.2, 0.25) is 0 Å². The Labute approximate surface area is 486 Å². The first-order valence-electron chi connectivity index (χ1n) is 25.8. The smallest absolute Gasteiger partial charge is 0.264 e.